The largest absolute Gasteiger partial charge is 0.487 e. The van der Waals surface area contributed by atoms with Crippen molar-refractivity contribution < 1.29 is 18.3 Å². The van der Waals surface area contributed by atoms with Crippen molar-refractivity contribution in [3.63, 3.8) is 0 Å². The van der Waals surface area contributed by atoms with Gasteiger partial charge in [0.15, 0.2) is 11.5 Å². The molecule has 1 heterocycles. The van der Waals surface area contributed by atoms with E-state index in [4.69, 9.17) is 4.74 Å². The van der Waals surface area contributed by atoms with Gasteiger partial charge in [-0.05, 0) is 49.9 Å². The number of H-pyrrole nitrogens is 1. The van der Waals surface area contributed by atoms with Crippen LogP contribution in [0.1, 0.15) is 25.7 Å². The van der Waals surface area contributed by atoms with E-state index in [2.05, 4.69) is 14.9 Å². The molecule has 1 aliphatic carbocycles. The van der Waals surface area contributed by atoms with Crippen LogP contribution in [0.3, 0.4) is 0 Å². The number of benzene rings is 1. The van der Waals surface area contributed by atoms with Crippen LogP contribution in [0.15, 0.2) is 30.5 Å². The number of hydrogen-bond acceptors (Lipinski definition) is 3. The number of rotatable bonds is 5. The molecule has 0 spiro atoms. The van der Waals surface area contributed by atoms with Crippen molar-refractivity contribution in [1.29, 1.82) is 0 Å². The van der Waals surface area contributed by atoms with Crippen molar-refractivity contribution in [2.75, 3.05) is 0 Å². The van der Waals surface area contributed by atoms with E-state index in [1.807, 2.05) is 6.07 Å². The maximum absolute atomic E-state index is 12.5. The van der Waals surface area contributed by atoms with Crippen molar-refractivity contribution in [2.45, 2.75) is 38.4 Å². The van der Waals surface area contributed by atoms with Crippen LogP contribution in [0.2, 0.25) is 0 Å². The highest BCUT2D eigenvalue weighted by atomic mass is 19.3. The normalized spacial score (nSPS) is 15.6. The monoisotopic (exact) mass is 294 g/mol. The summed E-state index contributed by atoms with van der Waals surface area (Å²) in [5, 5.41) is 6.81. The van der Waals surface area contributed by atoms with E-state index in [0.717, 1.165) is 36.9 Å². The van der Waals surface area contributed by atoms with Gasteiger partial charge >= 0.3 is 6.61 Å². The minimum Gasteiger partial charge on any atom is -0.487 e. The SMILES string of the molecule is FC(F)Oc1ccc(-c2cc[nH]n2)cc1OC1CCCC1. The number of nitrogens with zero attached hydrogens (tertiary/aromatic N) is 1. The van der Waals surface area contributed by atoms with Gasteiger partial charge in [0, 0.05) is 11.8 Å². The van der Waals surface area contributed by atoms with Crippen LogP contribution in [-0.4, -0.2) is 22.9 Å². The molecule has 2 aromatic rings. The minimum absolute atomic E-state index is 0.0659. The van der Waals surface area contributed by atoms with E-state index in [1.54, 1.807) is 18.3 Å². The first-order valence-corrected chi connectivity index (χ1v) is 6.98. The van der Waals surface area contributed by atoms with Gasteiger partial charge in [-0.25, -0.2) is 0 Å². The Morgan fingerprint density at radius 3 is 2.62 bits per heavy atom. The summed E-state index contributed by atoms with van der Waals surface area (Å²) >= 11 is 0. The second-order valence-corrected chi connectivity index (χ2v) is 5.02. The summed E-state index contributed by atoms with van der Waals surface area (Å²) in [7, 11) is 0. The van der Waals surface area contributed by atoms with E-state index < -0.39 is 6.61 Å². The highest BCUT2D eigenvalue weighted by Gasteiger charge is 2.20. The Balaban J connectivity index is 1.89. The molecule has 0 unspecified atom stereocenters. The molecule has 0 bridgehead atoms. The molecule has 112 valence electrons. The Morgan fingerprint density at radius 1 is 1.14 bits per heavy atom. The zero-order valence-corrected chi connectivity index (χ0v) is 11.4. The van der Waals surface area contributed by atoms with E-state index in [9.17, 15) is 8.78 Å². The quantitative estimate of drug-likeness (QED) is 0.906. The maximum atomic E-state index is 12.5. The van der Waals surface area contributed by atoms with Crippen LogP contribution in [0.25, 0.3) is 11.3 Å². The first kappa shape index (κ1) is 13.9. The zero-order valence-electron chi connectivity index (χ0n) is 11.4. The first-order valence-electron chi connectivity index (χ1n) is 6.98. The fraction of sp³-hybridized carbons (Fsp3) is 0.400. The van der Waals surface area contributed by atoms with Gasteiger partial charge in [-0.2, -0.15) is 13.9 Å². The summed E-state index contributed by atoms with van der Waals surface area (Å²) in [5.41, 5.74) is 1.53. The standard InChI is InChI=1S/C15H16F2N2O2/c16-15(17)21-13-6-5-10(12-7-8-18-19-12)9-14(13)20-11-3-1-2-4-11/h5-9,11,15H,1-4H2,(H,18,19). The molecule has 1 fully saturated rings. The predicted octanol–water partition coefficient (Wildman–Crippen LogP) is 4.00. The number of hydrogen-bond donors (Lipinski definition) is 1. The molecule has 0 aliphatic heterocycles. The third kappa shape index (κ3) is 3.32. The fourth-order valence-electron chi connectivity index (χ4n) is 2.56. The van der Waals surface area contributed by atoms with Crippen LogP contribution < -0.4 is 9.47 Å². The van der Waals surface area contributed by atoms with Crippen LogP contribution >= 0.6 is 0 Å². The molecular weight excluding hydrogens is 278 g/mol. The molecule has 0 amide bonds. The minimum atomic E-state index is -2.87. The summed E-state index contributed by atoms with van der Waals surface area (Å²) in [5.74, 6) is 0.416. The second kappa shape index (κ2) is 6.11. The summed E-state index contributed by atoms with van der Waals surface area (Å²) < 4.78 is 35.4. The van der Waals surface area contributed by atoms with Gasteiger partial charge in [0.05, 0.1) is 11.8 Å². The average Bonchev–Trinajstić information content (AvgIpc) is 3.12. The van der Waals surface area contributed by atoms with Gasteiger partial charge in [0.2, 0.25) is 0 Å². The number of ether oxygens (including phenoxy) is 2. The third-order valence-corrected chi connectivity index (χ3v) is 3.55. The number of halogens is 2. The molecule has 0 atom stereocenters. The van der Waals surface area contributed by atoms with Crippen LogP contribution in [-0.2, 0) is 0 Å². The van der Waals surface area contributed by atoms with Crippen LogP contribution in [0.5, 0.6) is 11.5 Å². The molecular formula is C15H16F2N2O2. The first-order chi connectivity index (χ1) is 10.2. The average molecular weight is 294 g/mol. The van der Waals surface area contributed by atoms with E-state index in [-0.39, 0.29) is 11.9 Å². The molecule has 1 saturated carbocycles. The number of aromatic nitrogens is 2. The van der Waals surface area contributed by atoms with E-state index in [0.29, 0.717) is 5.75 Å². The smallest absolute Gasteiger partial charge is 0.387 e. The highest BCUT2D eigenvalue weighted by Crippen LogP contribution is 2.35. The third-order valence-electron chi connectivity index (χ3n) is 3.55. The lowest BCUT2D eigenvalue weighted by Gasteiger charge is -2.17. The lowest BCUT2D eigenvalue weighted by atomic mass is 10.1. The molecule has 21 heavy (non-hydrogen) atoms. The molecule has 1 aromatic carbocycles. The number of nitrogens with one attached hydrogen (secondary N) is 1. The number of alkyl halides is 2. The maximum Gasteiger partial charge on any atom is 0.387 e. The molecule has 4 nitrogen and oxygen atoms in total. The Hall–Kier alpha value is -2.11. The lowest BCUT2D eigenvalue weighted by molar-refractivity contribution is -0.0520. The number of aromatic amines is 1. The van der Waals surface area contributed by atoms with Crippen molar-refractivity contribution in [3.05, 3.63) is 30.5 Å². The molecule has 0 saturated heterocycles. The Labute approximate surface area is 121 Å². The van der Waals surface area contributed by atoms with Gasteiger partial charge in [-0.3, -0.25) is 5.10 Å². The van der Waals surface area contributed by atoms with Crippen molar-refractivity contribution in [1.82, 2.24) is 10.2 Å². The lowest BCUT2D eigenvalue weighted by Crippen LogP contribution is -2.13. The Bertz CT molecular complexity index is 581. The molecule has 1 aliphatic rings. The van der Waals surface area contributed by atoms with Gasteiger partial charge in [-0.1, -0.05) is 0 Å². The molecule has 0 radical (unpaired) electrons. The van der Waals surface area contributed by atoms with Crippen molar-refractivity contribution in [3.8, 4) is 22.8 Å². The zero-order chi connectivity index (χ0) is 14.7. The fourth-order valence-corrected chi connectivity index (χ4v) is 2.56. The van der Waals surface area contributed by atoms with Crippen LogP contribution in [0, 0.1) is 0 Å². The summed E-state index contributed by atoms with van der Waals surface area (Å²) in [4.78, 5) is 0. The molecule has 6 heteroatoms. The van der Waals surface area contributed by atoms with E-state index in [1.165, 1.54) is 6.07 Å². The Kier molecular flexibility index (Phi) is 4.03. The second-order valence-electron chi connectivity index (χ2n) is 5.02. The van der Waals surface area contributed by atoms with Gasteiger partial charge in [0.1, 0.15) is 0 Å². The van der Waals surface area contributed by atoms with E-state index >= 15 is 0 Å². The van der Waals surface area contributed by atoms with Crippen molar-refractivity contribution >= 4 is 0 Å². The van der Waals surface area contributed by atoms with Gasteiger partial charge in [-0.15, -0.1) is 0 Å². The molecule has 1 aromatic heterocycles. The molecule has 3 rings (SSSR count). The van der Waals surface area contributed by atoms with Crippen molar-refractivity contribution in [2.24, 2.45) is 0 Å². The predicted molar refractivity (Wildman–Crippen MR) is 73.5 cm³/mol. The summed E-state index contributed by atoms with van der Waals surface area (Å²) in [6, 6.07) is 6.70. The summed E-state index contributed by atoms with van der Waals surface area (Å²) in [6.45, 7) is -2.87. The topological polar surface area (TPSA) is 47.1 Å². The summed E-state index contributed by atoms with van der Waals surface area (Å²) in [6.07, 6.45) is 5.88. The Morgan fingerprint density at radius 2 is 1.95 bits per heavy atom. The highest BCUT2D eigenvalue weighted by molar-refractivity contribution is 5.63. The van der Waals surface area contributed by atoms with Gasteiger partial charge in [0.25, 0.3) is 0 Å². The van der Waals surface area contributed by atoms with Gasteiger partial charge < -0.3 is 9.47 Å². The van der Waals surface area contributed by atoms with Crippen LogP contribution in [0.4, 0.5) is 8.78 Å². The molecule has 1 N–H and O–H groups in total.